The van der Waals surface area contributed by atoms with Gasteiger partial charge in [-0.05, 0) is 25.2 Å². The molecule has 2 N–H and O–H groups in total. The van der Waals surface area contributed by atoms with E-state index in [-0.39, 0.29) is 17.7 Å². The van der Waals surface area contributed by atoms with Gasteiger partial charge in [0.15, 0.2) is 0 Å². The zero-order valence-corrected chi connectivity index (χ0v) is 10.4. The summed E-state index contributed by atoms with van der Waals surface area (Å²) in [6, 6.07) is -0.788. The summed E-state index contributed by atoms with van der Waals surface area (Å²) in [5, 5.41) is 11.6. The van der Waals surface area contributed by atoms with E-state index >= 15 is 0 Å². The first-order valence-electron chi connectivity index (χ1n) is 6.11. The molecule has 0 aliphatic carbocycles. The lowest BCUT2D eigenvalue weighted by molar-refractivity contribution is -0.143. The van der Waals surface area contributed by atoms with Gasteiger partial charge in [0.05, 0.1) is 12.5 Å². The van der Waals surface area contributed by atoms with Crippen LogP contribution in [-0.2, 0) is 14.3 Å². The molecule has 1 fully saturated rings. The van der Waals surface area contributed by atoms with E-state index in [1.54, 1.807) is 0 Å². The molecule has 1 aliphatic rings. The summed E-state index contributed by atoms with van der Waals surface area (Å²) in [4.78, 5) is 22.8. The molecule has 1 amide bonds. The number of rotatable bonds is 5. The van der Waals surface area contributed by atoms with E-state index in [9.17, 15) is 9.59 Å². The van der Waals surface area contributed by atoms with Gasteiger partial charge in [0.2, 0.25) is 5.91 Å². The van der Waals surface area contributed by atoms with Crippen molar-refractivity contribution in [3.63, 3.8) is 0 Å². The van der Waals surface area contributed by atoms with Crippen molar-refractivity contribution in [1.82, 2.24) is 5.32 Å². The van der Waals surface area contributed by atoms with Crippen molar-refractivity contribution in [3.8, 4) is 0 Å². The molecule has 1 unspecified atom stereocenters. The SMILES string of the molecule is CC(C)C[C@@H](NC(=O)C1CCCOC1)C(=O)O. The average molecular weight is 243 g/mol. The van der Waals surface area contributed by atoms with Crippen LogP contribution in [0.4, 0.5) is 0 Å². The Bertz CT molecular complexity index is 272. The van der Waals surface area contributed by atoms with Gasteiger partial charge in [-0.25, -0.2) is 4.79 Å². The third-order valence-corrected chi connectivity index (χ3v) is 2.85. The van der Waals surface area contributed by atoms with Crippen molar-refractivity contribution in [1.29, 1.82) is 0 Å². The molecule has 0 spiro atoms. The number of nitrogens with one attached hydrogen (secondary N) is 1. The van der Waals surface area contributed by atoms with E-state index in [0.717, 1.165) is 12.8 Å². The maximum atomic E-state index is 11.8. The molecule has 0 aromatic carbocycles. The van der Waals surface area contributed by atoms with Gasteiger partial charge < -0.3 is 15.2 Å². The van der Waals surface area contributed by atoms with Crippen LogP contribution in [0.15, 0.2) is 0 Å². The van der Waals surface area contributed by atoms with Crippen LogP contribution in [0.2, 0.25) is 0 Å². The number of hydrogen-bond acceptors (Lipinski definition) is 3. The fraction of sp³-hybridized carbons (Fsp3) is 0.833. The Morgan fingerprint density at radius 1 is 1.47 bits per heavy atom. The molecule has 5 nitrogen and oxygen atoms in total. The van der Waals surface area contributed by atoms with Crippen molar-refractivity contribution < 1.29 is 19.4 Å². The lowest BCUT2D eigenvalue weighted by atomic mass is 9.99. The Morgan fingerprint density at radius 3 is 2.65 bits per heavy atom. The summed E-state index contributed by atoms with van der Waals surface area (Å²) in [6.07, 6.45) is 2.09. The molecule has 0 saturated carbocycles. The number of carbonyl (C=O) groups excluding carboxylic acids is 1. The summed E-state index contributed by atoms with van der Waals surface area (Å²) >= 11 is 0. The highest BCUT2D eigenvalue weighted by Gasteiger charge is 2.27. The molecule has 5 heteroatoms. The van der Waals surface area contributed by atoms with Gasteiger partial charge in [0.25, 0.3) is 0 Å². The van der Waals surface area contributed by atoms with E-state index in [1.807, 2.05) is 13.8 Å². The van der Waals surface area contributed by atoms with E-state index in [0.29, 0.717) is 19.6 Å². The molecule has 1 rings (SSSR count). The van der Waals surface area contributed by atoms with Crippen LogP contribution in [0.25, 0.3) is 0 Å². The number of carboxylic acid groups (broad SMARTS) is 1. The predicted octanol–water partition coefficient (Wildman–Crippen LogP) is 1.03. The van der Waals surface area contributed by atoms with Crippen LogP contribution in [-0.4, -0.2) is 36.2 Å². The third kappa shape index (κ3) is 4.73. The second kappa shape index (κ2) is 6.59. The van der Waals surface area contributed by atoms with Crippen molar-refractivity contribution in [2.45, 2.75) is 39.2 Å². The fourth-order valence-electron chi connectivity index (χ4n) is 1.93. The van der Waals surface area contributed by atoms with E-state index in [2.05, 4.69) is 5.32 Å². The minimum atomic E-state index is -0.969. The molecule has 2 atom stereocenters. The van der Waals surface area contributed by atoms with Gasteiger partial charge in [0.1, 0.15) is 6.04 Å². The molecular formula is C12H21NO4. The first-order chi connectivity index (χ1) is 8.00. The molecule has 0 bridgehead atoms. The van der Waals surface area contributed by atoms with E-state index in [4.69, 9.17) is 9.84 Å². The van der Waals surface area contributed by atoms with Crippen LogP contribution >= 0.6 is 0 Å². The highest BCUT2D eigenvalue weighted by Crippen LogP contribution is 2.14. The molecular weight excluding hydrogens is 222 g/mol. The van der Waals surface area contributed by atoms with Crippen molar-refractivity contribution in [2.75, 3.05) is 13.2 Å². The summed E-state index contributed by atoms with van der Waals surface area (Å²) in [7, 11) is 0. The third-order valence-electron chi connectivity index (χ3n) is 2.85. The Labute approximate surface area is 102 Å². The highest BCUT2D eigenvalue weighted by atomic mass is 16.5. The Kier molecular flexibility index (Phi) is 5.41. The molecule has 17 heavy (non-hydrogen) atoms. The number of ether oxygens (including phenoxy) is 1. The lowest BCUT2D eigenvalue weighted by Gasteiger charge is -2.24. The zero-order chi connectivity index (χ0) is 12.8. The molecule has 98 valence electrons. The molecule has 1 heterocycles. The van der Waals surface area contributed by atoms with Crippen molar-refractivity contribution in [3.05, 3.63) is 0 Å². The van der Waals surface area contributed by atoms with E-state index in [1.165, 1.54) is 0 Å². The quantitative estimate of drug-likeness (QED) is 0.756. The van der Waals surface area contributed by atoms with Crippen LogP contribution < -0.4 is 5.32 Å². The van der Waals surface area contributed by atoms with Gasteiger partial charge >= 0.3 is 5.97 Å². The highest BCUT2D eigenvalue weighted by molar-refractivity contribution is 5.85. The van der Waals surface area contributed by atoms with Crippen molar-refractivity contribution in [2.24, 2.45) is 11.8 Å². The largest absolute Gasteiger partial charge is 0.480 e. The maximum Gasteiger partial charge on any atom is 0.326 e. The summed E-state index contributed by atoms with van der Waals surface area (Å²) in [6.45, 7) is 4.97. The smallest absolute Gasteiger partial charge is 0.326 e. The van der Waals surface area contributed by atoms with Crippen LogP contribution in [0.3, 0.4) is 0 Å². The first-order valence-corrected chi connectivity index (χ1v) is 6.11. The van der Waals surface area contributed by atoms with Crippen LogP contribution in [0.1, 0.15) is 33.1 Å². The Hall–Kier alpha value is -1.10. The zero-order valence-electron chi connectivity index (χ0n) is 10.4. The minimum absolute atomic E-state index is 0.197. The lowest BCUT2D eigenvalue weighted by Crippen LogP contribution is -2.45. The predicted molar refractivity (Wildman–Crippen MR) is 62.6 cm³/mol. The van der Waals surface area contributed by atoms with Gasteiger partial charge in [-0.15, -0.1) is 0 Å². The molecule has 0 aromatic heterocycles. The Morgan fingerprint density at radius 2 is 2.18 bits per heavy atom. The molecule has 1 saturated heterocycles. The normalized spacial score (nSPS) is 22.2. The topological polar surface area (TPSA) is 75.6 Å². The second-order valence-corrected chi connectivity index (χ2v) is 4.94. The van der Waals surface area contributed by atoms with Crippen molar-refractivity contribution >= 4 is 11.9 Å². The van der Waals surface area contributed by atoms with E-state index < -0.39 is 12.0 Å². The summed E-state index contributed by atoms with van der Waals surface area (Å²) in [5.74, 6) is -1.13. The van der Waals surface area contributed by atoms with Gasteiger partial charge in [0, 0.05) is 6.61 Å². The van der Waals surface area contributed by atoms with Crippen LogP contribution in [0, 0.1) is 11.8 Å². The Balaban J connectivity index is 2.47. The summed E-state index contributed by atoms with van der Waals surface area (Å²) < 4.78 is 5.22. The standard InChI is InChI=1S/C12H21NO4/c1-8(2)6-10(12(15)16)13-11(14)9-4-3-5-17-7-9/h8-10H,3-7H2,1-2H3,(H,13,14)(H,15,16)/t9?,10-/m1/s1. The number of carboxylic acids is 1. The molecule has 1 aliphatic heterocycles. The minimum Gasteiger partial charge on any atom is -0.480 e. The number of hydrogen-bond donors (Lipinski definition) is 2. The molecule has 0 radical (unpaired) electrons. The van der Waals surface area contributed by atoms with Gasteiger partial charge in [-0.2, -0.15) is 0 Å². The summed E-state index contributed by atoms with van der Waals surface area (Å²) in [5.41, 5.74) is 0. The van der Waals surface area contributed by atoms with Crippen LogP contribution in [0.5, 0.6) is 0 Å². The maximum absolute atomic E-state index is 11.8. The average Bonchev–Trinajstić information content (AvgIpc) is 2.28. The fourth-order valence-corrected chi connectivity index (χ4v) is 1.93. The van der Waals surface area contributed by atoms with Gasteiger partial charge in [-0.3, -0.25) is 4.79 Å². The number of amides is 1. The second-order valence-electron chi connectivity index (χ2n) is 4.94. The number of aliphatic carboxylic acids is 1. The monoisotopic (exact) mass is 243 g/mol. The number of carbonyl (C=O) groups is 2. The van der Waals surface area contributed by atoms with Gasteiger partial charge in [-0.1, -0.05) is 13.8 Å². The first kappa shape index (κ1) is 14.0. The molecule has 0 aromatic rings.